The van der Waals surface area contributed by atoms with E-state index in [1.165, 1.54) is 11.1 Å². The van der Waals surface area contributed by atoms with E-state index in [-0.39, 0.29) is 0 Å². The minimum atomic E-state index is 0.642. The summed E-state index contributed by atoms with van der Waals surface area (Å²) in [6.45, 7) is 0. The Hall–Kier alpha value is -7.17. The van der Waals surface area contributed by atoms with Gasteiger partial charge < -0.3 is 4.42 Å². The fraction of sp³-hybridized carbons (Fsp3) is 0. The number of hydrogen-bond donors (Lipinski definition) is 0. The van der Waals surface area contributed by atoms with Gasteiger partial charge in [0.1, 0.15) is 11.2 Å². The largest absolute Gasteiger partial charge is 0.455 e. The Kier molecular flexibility index (Phi) is 7.43. The van der Waals surface area contributed by atoms with Gasteiger partial charge in [-0.3, -0.25) is 0 Å². The van der Waals surface area contributed by atoms with Crippen LogP contribution in [-0.4, -0.2) is 15.0 Å². The molecule has 0 unspecified atom stereocenters. The first-order chi connectivity index (χ1) is 26.2. The number of para-hydroxylation sites is 1. The third-order valence-corrected chi connectivity index (χ3v) is 9.94. The molecule has 0 saturated heterocycles. The van der Waals surface area contributed by atoms with E-state index in [0.29, 0.717) is 17.5 Å². The number of furan rings is 1. The Labute approximate surface area is 306 Å². The number of benzene rings is 8. The number of hydrogen-bond acceptors (Lipinski definition) is 4. The Balaban J connectivity index is 1.02. The molecule has 0 atom stereocenters. The molecule has 0 saturated carbocycles. The van der Waals surface area contributed by atoms with Crippen LogP contribution in [0.2, 0.25) is 0 Å². The molecule has 53 heavy (non-hydrogen) atoms. The molecule has 2 heterocycles. The van der Waals surface area contributed by atoms with E-state index in [4.69, 9.17) is 19.4 Å². The van der Waals surface area contributed by atoms with Gasteiger partial charge >= 0.3 is 0 Å². The van der Waals surface area contributed by atoms with Crippen LogP contribution in [0.5, 0.6) is 0 Å². The topological polar surface area (TPSA) is 51.8 Å². The molecule has 248 valence electrons. The van der Waals surface area contributed by atoms with Crippen LogP contribution in [0.25, 0.3) is 100 Å². The van der Waals surface area contributed by atoms with E-state index in [1.54, 1.807) is 0 Å². The van der Waals surface area contributed by atoms with Gasteiger partial charge in [-0.15, -0.1) is 0 Å². The van der Waals surface area contributed by atoms with Gasteiger partial charge in [0.2, 0.25) is 0 Å². The second kappa shape index (κ2) is 12.9. The summed E-state index contributed by atoms with van der Waals surface area (Å²) in [5.41, 5.74) is 11.6. The minimum Gasteiger partial charge on any atom is -0.455 e. The zero-order valence-electron chi connectivity index (χ0n) is 28.6. The summed E-state index contributed by atoms with van der Waals surface area (Å²) < 4.78 is 6.61. The van der Waals surface area contributed by atoms with E-state index in [0.717, 1.165) is 71.7 Å². The molecule has 0 aliphatic rings. The first kappa shape index (κ1) is 30.6. The van der Waals surface area contributed by atoms with Crippen LogP contribution in [0.4, 0.5) is 0 Å². The highest BCUT2D eigenvalue weighted by atomic mass is 16.3. The quantitative estimate of drug-likeness (QED) is 0.176. The van der Waals surface area contributed by atoms with Gasteiger partial charge in [-0.1, -0.05) is 170 Å². The van der Waals surface area contributed by atoms with Crippen molar-refractivity contribution < 1.29 is 4.42 Å². The highest BCUT2D eigenvalue weighted by Gasteiger charge is 2.17. The van der Waals surface area contributed by atoms with E-state index >= 15 is 0 Å². The molecule has 0 amide bonds. The smallest absolute Gasteiger partial charge is 0.164 e. The van der Waals surface area contributed by atoms with Crippen LogP contribution in [0, 0.1) is 0 Å². The van der Waals surface area contributed by atoms with Crippen LogP contribution >= 0.6 is 0 Å². The van der Waals surface area contributed by atoms with Gasteiger partial charge in [-0.05, 0) is 57.0 Å². The molecule has 4 nitrogen and oxygen atoms in total. The maximum Gasteiger partial charge on any atom is 0.164 e. The van der Waals surface area contributed by atoms with Crippen molar-refractivity contribution >= 4 is 32.7 Å². The Morgan fingerprint density at radius 2 is 0.755 bits per heavy atom. The van der Waals surface area contributed by atoms with Gasteiger partial charge in [-0.2, -0.15) is 0 Å². The first-order valence-electron chi connectivity index (χ1n) is 17.8. The van der Waals surface area contributed by atoms with Crippen molar-refractivity contribution in [3.63, 3.8) is 0 Å². The van der Waals surface area contributed by atoms with Crippen molar-refractivity contribution in [2.45, 2.75) is 0 Å². The van der Waals surface area contributed by atoms with Crippen molar-refractivity contribution in [2.24, 2.45) is 0 Å². The molecular formula is C49H31N3O. The van der Waals surface area contributed by atoms with Gasteiger partial charge in [-0.25, -0.2) is 15.0 Å². The van der Waals surface area contributed by atoms with Gasteiger partial charge in [0.25, 0.3) is 0 Å². The molecule has 4 heteroatoms. The molecule has 0 aliphatic carbocycles. The molecule has 0 radical (unpaired) electrons. The highest BCUT2D eigenvalue weighted by Crippen LogP contribution is 2.42. The van der Waals surface area contributed by atoms with Gasteiger partial charge in [0, 0.05) is 32.8 Å². The predicted molar refractivity (Wildman–Crippen MR) is 217 cm³/mol. The third-order valence-electron chi connectivity index (χ3n) is 9.94. The molecule has 0 N–H and O–H groups in total. The molecule has 8 aromatic carbocycles. The monoisotopic (exact) mass is 677 g/mol. The lowest BCUT2D eigenvalue weighted by Gasteiger charge is -2.11. The molecule has 0 aliphatic heterocycles. The molecule has 10 rings (SSSR count). The number of nitrogens with zero attached hydrogens (tertiary/aromatic N) is 3. The summed E-state index contributed by atoms with van der Waals surface area (Å²) in [5.74, 6) is 1.95. The summed E-state index contributed by atoms with van der Waals surface area (Å²) in [5, 5.41) is 4.52. The zero-order chi connectivity index (χ0) is 35.1. The fourth-order valence-electron chi connectivity index (χ4n) is 7.24. The van der Waals surface area contributed by atoms with Crippen molar-refractivity contribution in [1.82, 2.24) is 15.0 Å². The van der Waals surface area contributed by atoms with Crippen LogP contribution in [0.3, 0.4) is 0 Å². The van der Waals surface area contributed by atoms with Crippen molar-refractivity contribution in [1.29, 1.82) is 0 Å². The van der Waals surface area contributed by atoms with Crippen molar-refractivity contribution in [2.75, 3.05) is 0 Å². The number of rotatable bonds is 6. The van der Waals surface area contributed by atoms with E-state index in [1.807, 2.05) is 66.7 Å². The zero-order valence-corrected chi connectivity index (χ0v) is 28.6. The first-order valence-corrected chi connectivity index (χ1v) is 17.8. The number of aromatic nitrogens is 3. The van der Waals surface area contributed by atoms with E-state index in [9.17, 15) is 0 Å². The summed E-state index contributed by atoms with van der Waals surface area (Å²) in [6.07, 6.45) is 0. The van der Waals surface area contributed by atoms with Crippen LogP contribution in [-0.2, 0) is 0 Å². The van der Waals surface area contributed by atoms with E-state index < -0.39 is 0 Å². The Morgan fingerprint density at radius 1 is 0.321 bits per heavy atom. The summed E-state index contributed by atoms with van der Waals surface area (Å²) in [4.78, 5) is 14.6. The van der Waals surface area contributed by atoms with Crippen molar-refractivity contribution in [3.05, 3.63) is 188 Å². The maximum absolute atomic E-state index is 6.61. The van der Waals surface area contributed by atoms with Crippen LogP contribution in [0.1, 0.15) is 0 Å². The summed E-state index contributed by atoms with van der Waals surface area (Å²) in [6, 6.07) is 65.2. The molecule has 0 bridgehead atoms. The second-order valence-corrected chi connectivity index (χ2v) is 13.2. The SMILES string of the molecule is c1ccc(-c2ccc3cc(-c4ccc(-c5ccc(-c6nc(-c7ccccc7)nc(-c7ccccc7)n6)cc5)cc4)c4c5ccccc5oc4c3c2)cc1. The van der Waals surface area contributed by atoms with Gasteiger partial charge in [0.05, 0.1) is 0 Å². The second-order valence-electron chi connectivity index (χ2n) is 13.2. The summed E-state index contributed by atoms with van der Waals surface area (Å²) in [7, 11) is 0. The average molecular weight is 678 g/mol. The third kappa shape index (κ3) is 5.63. The molecule has 2 aromatic heterocycles. The van der Waals surface area contributed by atoms with Crippen molar-refractivity contribution in [3.8, 4) is 67.5 Å². The predicted octanol–water partition coefficient (Wildman–Crippen LogP) is 12.9. The highest BCUT2D eigenvalue weighted by molar-refractivity contribution is 6.21. The average Bonchev–Trinajstić information content (AvgIpc) is 3.64. The Bertz CT molecular complexity index is 2840. The fourth-order valence-corrected chi connectivity index (χ4v) is 7.24. The molecule has 10 aromatic rings. The van der Waals surface area contributed by atoms with E-state index in [2.05, 4.69) is 121 Å². The van der Waals surface area contributed by atoms with Gasteiger partial charge in [0.15, 0.2) is 17.5 Å². The Morgan fingerprint density at radius 3 is 1.34 bits per heavy atom. The maximum atomic E-state index is 6.61. The molecular weight excluding hydrogens is 647 g/mol. The normalized spacial score (nSPS) is 11.4. The number of fused-ring (bicyclic) bond motifs is 5. The summed E-state index contributed by atoms with van der Waals surface area (Å²) >= 11 is 0. The van der Waals surface area contributed by atoms with Crippen LogP contribution < -0.4 is 0 Å². The molecule has 0 fully saturated rings. The lowest BCUT2D eigenvalue weighted by Crippen LogP contribution is -2.00. The molecule has 0 spiro atoms. The lowest BCUT2D eigenvalue weighted by molar-refractivity contribution is 0.673. The standard InChI is InChI=1S/C49H31N3O/c1-4-12-32(13-5-1)39-28-29-40-31-42(45-41-18-10-11-19-44(41)53-46(45)43(40)30-39)35-24-20-33(21-25-35)34-22-26-38(27-23-34)49-51-47(36-14-6-2-7-15-36)50-48(52-49)37-16-8-3-9-17-37/h1-31H. The minimum absolute atomic E-state index is 0.642. The van der Waals surface area contributed by atoms with Crippen LogP contribution in [0.15, 0.2) is 192 Å². The lowest BCUT2D eigenvalue weighted by atomic mass is 9.92.